The highest BCUT2D eigenvalue weighted by molar-refractivity contribution is 5.53. The van der Waals surface area contributed by atoms with Crippen LogP contribution in [0, 0.1) is 0 Å². The average molecular weight is 240 g/mol. The highest BCUT2D eigenvalue weighted by atomic mass is 16.5. The molecular weight excluding hydrogens is 224 g/mol. The Kier molecular flexibility index (Phi) is 2.89. The van der Waals surface area contributed by atoms with Crippen LogP contribution in [0.15, 0.2) is 36.7 Å². The van der Waals surface area contributed by atoms with Gasteiger partial charge < -0.3 is 10.5 Å². The molecule has 0 spiro atoms. The summed E-state index contributed by atoms with van der Waals surface area (Å²) in [5.41, 5.74) is 9.23. The lowest BCUT2D eigenvalue weighted by Crippen LogP contribution is -2.04. The standard InChI is InChI=1S/C15H16N2O/c16-13-8-9-17-10-15(13)18-14-7-3-5-11-4-1-2-6-12(11)14/h3,5,7-10H,1-2,4,6H2,(H2,16,17). The summed E-state index contributed by atoms with van der Waals surface area (Å²) in [7, 11) is 0. The second-order valence-electron chi connectivity index (χ2n) is 4.62. The van der Waals surface area contributed by atoms with Crippen molar-refractivity contribution in [2.24, 2.45) is 0 Å². The molecule has 0 atom stereocenters. The van der Waals surface area contributed by atoms with E-state index in [1.54, 1.807) is 18.5 Å². The molecule has 0 aliphatic heterocycles. The maximum Gasteiger partial charge on any atom is 0.168 e. The van der Waals surface area contributed by atoms with E-state index in [1.807, 2.05) is 12.1 Å². The number of nitrogens with zero attached hydrogens (tertiary/aromatic N) is 1. The van der Waals surface area contributed by atoms with E-state index in [9.17, 15) is 0 Å². The molecule has 3 rings (SSSR count). The van der Waals surface area contributed by atoms with Crippen molar-refractivity contribution < 1.29 is 4.74 Å². The molecule has 0 unspecified atom stereocenters. The van der Waals surface area contributed by atoms with E-state index in [-0.39, 0.29) is 0 Å². The summed E-state index contributed by atoms with van der Waals surface area (Å²) in [6, 6.07) is 8.00. The highest BCUT2D eigenvalue weighted by Gasteiger charge is 2.14. The minimum Gasteiger partial charge on any atom is -0.453 e. The van der Waals surface area contributed by atoms with Crippen LogP contribution in [-0.2, 0) is 12.8 Å². The average Bonchev–Trinajstić information content (AvgIpc) is 2.42. The third-order valence-electron chi connectivity index (χ3n) is 3.39. The molecule has 1 heterocycles. The van der Waals surface area contributed by atoms with Crippen LogP contribution < -0.4 is 10.5 Å². The summed E-state index contributed by atoms with van der Waals surface area (Å²) >= 11 is 0. The molecule has 1 aliphatic rings. The van der Waals surface area contributed by atoms with Crippen LogP contribution >= 0.6 is 0 Å². The van der Waals surface area contributed by atoms with Gasteiger partial charge in [-0.3, -0.25) is 4.98 Å². The predicted octanol–water partition coefficient (Wildman–Crippen LogP) is 3.33. The molecule has 3 nitrogen and oxygen atoms in total. The number of hydrogen-bond acceptors (Lipinski definition) is 3. The van der Waals surface area contributed by atoms with Gasteiger partial charge in [0.25, 0.3) is 0 Å². The third-order valence-corrected chi connectivity index (χ3v) is 3.39. The molecule has 18 heavy (non-hydrogen) atoms. The van der Waals surface area contributed by atoms with E-state index >= 15 is 0 Å². The van der Waals surface area contributed by atoms with E-state index in [2.05, 4.69) is 11.1 Å². The number of fused-ring (bicyclic) bond motifs is 1. The number of nitrogens with two attached hydrogens (primary N) is 1. The molecule has 0 radical (unpaired) electrons. The van der Waals surface area contributed by atoms with Crippen molar-refractivity contribution in [3.05, 3.63) is 47.8 Å². The second kappa shape index (κ2) is 4.69. The Labute approximate surface area is 107 Å². The van der Waals surface area contributed by atoms with Gasteiger partial charge in [-0.1, -0.05) is 12.1 Å². The first-order valence-electron chi connectivity index (χ1n) is 6.33. The highest BCUT2D eigenvalue weighted by Crippen LogP contribution is 2.34. The van der Waals surface area contributed by atoms with Crippen LogP contribution in [0.1, 0.15) is 24.0 Å². The van der Waals surface area contributed by atoms with E-state index in [0.29, 0.717) is 11.4 Å². The van der Waals surface area contributed by atoms with Crippen molar-refractivity contribution in [3.8, 4) is 11.5 Å². The van der Waals surface area contributed by atoms with Gasteiger partial charge in [0.15, 0.2) is 5.75 Å². The van der Waals surface area contributed by atoms with Crippen LogP contribution in [0.4, 0.5) is 5.69 Å². The molecule has 0 amide bonds. The van der Waals surface area contributed by atoms with Crippen molar-refractivity contribution in [1.29, 1.82) is 0 Å². The normalized spacial score (nSPS) is 14.0. The predicted molar refractivity (Wildman–Crippen MR) is 71.8 cm³/mol. The molecule has 3 heteroatoms. The minimum absolute atomic E-state index is 0.624. The molecule has 92 valence electrons. The lowest BCUT2D eigenvalue weighted by molar-refractivity contribution is 0.470. The number of benzene rings is 1. The molecule has 1 aromatic heterocycles. The Morgan fingerprint density at radius 2 is 1.94 bits per heavy atom. The van der Waals surface area contributed by atoms with E-state index in [4.69, 9.17) is 10.5 Å². The lowest BCUT2D eigenvalue weighted by atomic mass is 9.91. The fourth-order valence-corrected chi connectivity index (χ4v) is 2.44. The number of ether oxygens (including phenoxy) is 1. The molecule has 2 N–H and O–H groups in total. The largest absolute Gasteiger partial charge is 0.453 e. The summed E-state index contributed by atoms with van der Waals surface area (Å²) in [5, 5.41) is 0. The van der Waals surface area contributed by atoms with E-state index < -0.39 is 0 Å². The third kappa shape index (κ3) is 2.04. The number of rotatable bonds is 2. The van der Waals surface area contributed by atoms with Gasteiger partial charge in [-0.15, -0.1) is 0 Å². The molecule has 1 aromatic carbocycles. The lowest BCUT2D eigenvalue weighted by Gasteiger charge is -2.19. The fourth-order valence-electron chi connectivity index (χ4n) is 2.44. The van der Waals surface area contributed by atoms with Crippen LogP contribution in [0.5, 0.6) is 11.5 Å². The minimum atomic E-state index is 0.624. The van der Waals surface area contributed by atoms with E-state index in [1.165, 1.54) is 24.0 Å². The summed E-state index contributed by atoms with van der Waals surface area (Å²) in [6.07, 6.45) is 8.07. The Hall–Kier alpha value is -2.03. The first-order valence-corrected chi connectivity index (χ1v) is 6.33. The quantitative estimate of drug-likeness (QED) is 0.875. The molecular formula is C15H16N2O. The summed E-state index contributed by atoms with van der Waals surface area (Å²) in [6.45, 7) is 0. The summed E-state index contributed by atoms with van der Waals surface area (Å²) in [4.78, 5) is 4.05. The van der Waals surface area contributed by atoms with Gasteiger partial charge in [0.2, 0.25) is 0 Å². The molecule has 0 bridgehead atoms. The Morgan fingerprint density at radius 3 is 2.83 bits per heavy atom. The maximum absolute atomic E-state index is 5.92. The van der Waals surface area contributed by atoms with E-state index in [0.717, 1.165) is 18.6 Å². The van der Waals surface area contributed by atoms with Crippen molar-refractivity contribution >= 4 is 5.69 Å². The zero-order chi connectivity index (χ0) is 12.4. The maximum atomic E-state index is 5.92. The SMILES string of the molecule is Nc1ccncc1Oc1cccc2c1CCCC2. The fraction of sp³-hybridized carbons (Fsp3) is 0.267. The van der Waals surface area contributed by atoms with Crippen LogP contribution in [0.25, 0.3) is 0 Å². The second-order valence-corrected chi connectivity index (χ2v) is 4.62. The van der Waals surface area contributed by atoms with Gasteiger partial charge in [0.1, 0.15) is 5.75 Å². The molecule has 0 saturated carbocycles. The van der Waals surface area contributed by atoms with Gasteiger partial charge >= 0.3 is 0 Å². The van der Waals surface area contributed by atoms with Gasteiger partial charge in [0, 0.05) is 6.20 Å². The Bertz CT molecular complexity index is 566. The van der Waals surface area contributed by atoms with Gasteiger partial charge in [-0.05, 0) is 48.9 Å². The molecule has 1 aliphatic carbocycles. The number of nitrogen functional groups attached to an aromatic ring is 1. The zero-order valence-corrected chi connectivity index (χ0v) is 10.2. The zero-order valence-electron chi connectivity index (χ0n) is 10.2. The van der Waals surface area contributed by atoms with Crippen LogP contribution in [0.2, 0.25) is 0 Å². The molecule has 2 aromatic rings. The summed E-state index contributed by atoms with van der Waals surface area (Å²) in [5.74, 6) is 1.56. The van der Waals surface area contributed by atoms with Crippen molar-refractivity contribution in [2.75, 3.05) is 5.73 Å². The smallest absolute Gasteiger partial charge is 0.168 e. The number of pyridine rings is 1. The van der Waals surface area contributed by atoms with Gasteiger partial charge in [-0.25, -0.2) is 0 Å². The van der Waals surface area contributed by atoms with Crippen molar-refractivity contribution in [1.82, 2.24) is 4.98 Å². The first kappa shape index (κ1) is 11.1. The topological polar surface area (TPSA) is 48.1 Å². The van der Waals surface area contributed by atoms with Crippen LogP contribution in [-0.4, -0.2) is 4.98 Å². The number of hydrogen-bond donors (Lipinski definition) is 1. The molecule has 0 saturated heterocycles. The Morgan fingerprint density at radius 1 is 1.06 bits per heavy atom. The van der Waals surface area contributed by atoms with Crippen LogP contribution in [0.3, 0.4) is 0 Å². The molecule has 0 fully saturated rings. The first-order chi connectivity index (χ1) is 8.84. The number of aromatic nitrogens is 1. The van der Waals surface area contributed by atoms with Crippen molar-refractivity contribution in [3.63, 3.8) is 0 Å². The van der Waals surface area contributed by atoms with Gasteiger partial charge in [0.05, 0.1) is 11.9 Å². The number of aryl methyl sites for hydroxylation is 1. The van der Waals surface area contributed by atoms with Crippen molar-refractivity contribution in [2.45, 2.75) is 25.7 Å². The number of anilines is 1. The van der Waals surface area contributed by atoms with Gasteiger partial charge in [-0.2, -0.15) is 0 Å². The Balaban J connectivity index is 1.96. The summed E-state index contributed by atoms with van der Waals surface area (Å²) < 4.78 is 5.92. The monoisotopic (exact) mass is 240 g/mol.